The van der Waals surface area contributed by atoms with E-state index in [9.17, 15) is 30.8 Å². The average molecular weight is 524 g/mol. The summed E-state index contributed by atoms with van der Waals surface area (Å²) in [4.78, 5) is 15.8. The summed E-state index contributed by atoms with van der Waals surface area (Å²) in [5, 5.41) is 2.50. The van der Waals surface area contributed by atoms with Crippen molar-refractivity contribution in [3.05, 3.63) is 94.9 Å². The van der Waals surface area contributed by atoms with Crippen LogP contribution in [0.3, 0.4) is 0 Å². The number of alkyl halides is 3. The van der Waals surface area contributed by atoms with Gasteiger partial charge in [-0.15, -0.1) is 0 Å². The van der Waals surface area contributed by atoms with E-state index in [1.165, 1.54) is 18.2 Å². The number of nitrogens with zero attached hydrogens (tertiary/aromatic N) is 1. The molecule has 0 aliphatic heterocycles. The number of sulfonamides is 1. The number of hydrogen-bond donors (Lipinski definition) is 2. The van der Waals surface area contributed by atoms with Gasteiger partial charge < -0.3 is 10.1 Å². The van der Waals surface area contributed by atoms with Crippen molar-refractivity contribution >= 4 is 27.7 Å². The summed E-state index contributed by atoms with van der Waals surface area (Å²) in [6.07, 6.45) is -1.46. The minimum atomic E-state index is -4.67. The Hall–Kier alpha value is -3.93. The highest BCUT2D eigenvalue weighted by Gasteiger charge is 2.33. The quantitative estimate of drug-likeness (QED) is 0.318. The molecule has 3 rings (SSSR count). The summed E-state index contributed by atoms with van der Waals surface area (Å²) in [5.74, 6) is -1.73. The molecule has 0 spiro atoms. The van der Waals surface area contributed by atoms with Gasteiger partial charge in [0.1, 0.15) is 18.1 Å². The van der Waals surface area contributed by atoms with E-state index in [4.69, 9.17) is 4.74 Å². The fourth-order valence-corrected chi connectivity index (χ4v) is 3.51. The average Bonchev–Trinajstić information content (AvgIpc) is 2.81. The molecule has 0 fully saturated rings. The van der Waals surface area contributed by atoms with Crippen molar-refractivity contribution in [3.8, 4) is 5.88 Å². The Kier molecular flexibility index (Phi) is 8.30. The van der Waals surface area contributed by atoms with Crippen LogP contribution in [0.25, 0.3) is 6.08 Å². The Morgan fingerprint density at radius 2 is 1.78 bits per heavy atom. The monoisotopic (exact) mass is 523 g/mol. The third-order valence-corrected chi connectivity index (χ3v) is 5.20. The molecule has 3 aromatic rings. The van der Waals surface area contributed by atoms with Crippen LogP contribution in [0, 0.1) is 5.82 Å². The second kappa shape index (κ2) is 11.2. The molecule has 0 aliphatic rings. The molecule has 1 heterocycles. The lowest BCUT2D eigenvalue weighted by atomic mass is 10.2. The van der Waals surface area contributed by atoms with E-state index in [0.717, 1.165) is 36.1 Å². The first-order valence-electron chi connectivity index (χ1n) is 10.4. The van der Waals surface area contributed by atoms with Gasteiger partial charge in [-0.2, -0.15) is 13.2 Å². The number of aromatic nitrogens is 1. The summed E-state index contributed by atoms with van der Waals surface area (Å²) in [6.45, 7) is -0.111. The van der Waals surface area contributed by atoms with E-state index >= 15 is 0 Å². The number of carbonyl (C=O) groups excluding carboxylic acids is 1. The Balaban J connectivity index is 1.69. The van der Waals surface area contributed by atoms with Crippen LogP contribution in [0.15, 0.2) is 66.7 Å². The molecule has 36 heavy (non-hydrogen) atoms. The minimum absolute atomic E-state index is 0.0298. The maximum atomic E-state index is 14.1. The van der Waals surface area contributed by atoms with Crippen molar-refractivity contribution in [2.45, 2.75) is 19.3 Å². The van der Waals surface area contributed by atoms with Crippen molar-refractivity contribution < 1.29 is 35.5 Å². The number of pyridine rings is 1. The molecule has 0 atom stereocenters. The van der Waals surface area contributed by atoms with Gasteiger partial charge in [0.25, 0.3) is 0 Å². The van der Waals surface area contributed by atoms with Crippen LogP contribution in [-0.4, -0.2) is 25.6 Å². The van der Waals surface area contributed by atoms with Crippen molar-refractivity contribution in [1.29, 1.82) is 0 Å². The highest BCUT2D eigenvalue weighted by Crippen LogP contribution is 2.31. The zero-order chi connectivity index (χ0) is 26.3. The third-order valence-electron chi connectivity index (χ3n) is 4.61. The van der Waals surface area contributed by atoms with Gasteiger partial charge in [-0.25, -0.2) is 17.8 Å². The Morgan fingerprint density at radius 3 is 2.42 bits per heavy atom. The van der Waals surface area contributed by atoms with E-state index < -0.39 is 33.6 Å². The Bertz CT molecular complexity index is 1360. The Labute approximate surface area is 204 Å². The summed E-state index contributed by atoms with van der Waals surface area (Å²) >= 11 is 0. The van der Waals surface area contributed by atoms with Crippen molar-refractivity contribution in [2.24, 2.45) is 0 Å². The number of hydrogen-bond acceptors (Lipinski definition) is 5. The number of carbonyl (C=O) groups is 1. The minimum Gasteiger partial charge on any atom is -0.472 e. The van der Waals surface area contributed by atoms with Crippen LogP contribution in [-0.2, 0) is 34.1 Å². The van der Waals surface area contributed by atoms with Crippen molar-refractivity contribution in [1.82, 2.24) is 10.3 Å². The lowest BCUT2D eigenvalue weighted by molar-refractivity contribution is -0.141. The molecule has 7 nitrogen and oxygen atoms in total. The number of ether oxygens (including phenoxy) is 1. The molecule has 2 aromatic carbocycles. The summed E-state index contributed by atoms with van der Waals surface area (Å²) in [5.41, 5.74) is -0.143. The Morgan fingerprint density at radius 1 is 1.06 bits per heavy atom. The first-order chi connectivity index (χ1) is 16.9. The first-order valence-corrected chi connectivity index (χ1v) is 12.3. The second-order valence-corrected chi connectivity index (χ2v) is 9.35. The van der Waals surface area contributed by atoms with E-state index in [2.05, 4.69) is 10.3 Å². The van der Waals surface area contributed by atoms with E-state index in [1.807, 2.05) is 4.72 Å². The molecule has 1 amide bonds. The van der Waals surface area contributed by atoms with Gasteiger partial charge in [0.05, 0.1) is 11.9 Å². The molecule has 0 bridgehead atoms. The van der Waals surface area contributed by atoms with E-state index in [0.29, 0.717) is 5.56 Å². The molecule has 190 valence electrons. The number of rotatable bonds is 9. The van der Waals surface area contributed by atoms with Crippen LogP contribution < -0.4 is 14.8 Å². The van der Waals surface area contributed by atoms with Crippen LogP contribution >= 0.6 is 0 Å². The third kappa shape index (κ3) is 8.08. The van der Waals surface area contributed by atoms with Gasteiger partial charge in [0.15, 0.2) is 0 Å². The van der Waals surface area contributed by atoms with Gasteiger partial charge in [-0.1, -0.05) is 36.4 Å². The predicted octanol–water partition coefficient (Wildman–Crippen LogP) is 4.52. The highest BCUT2D eigenvalue weighted by molar-refractivity contribution is 7.92. The lowest BCUT2D eigenvalue weighted by Crippen LogP contribution is -2.20. The normalized spacial score (nSPS) is 11.9. The van der Waals surface area contributed by atoms with Crippen LogP contribution in [0.5, 0.6) is 5.88 Å². The van der Waals surface area contributed by atoms with E-state index in [-0.39, 0.29) is 30.3 Å². The highest BCUT2D eigenvalue weighted by atomic mass is 32.2. The standard InChI is InChI=1S/C24H21F4N3O4S/c1-36(33,34)31-20-10-7-17(13-19(20)25)14-29-22(32)12-9-18-8-11-21(24(26,27)28)30-23(18)35-15-16-5-3-2-4-6-16/h2-13,31H,14-15H2,1H3,(H,29,32). The van der Waals surface area contributed by atoms with Gasteiger partial charge in [-0.3, -0.25) is 9.52 Å². The first kappa shape index (κ1) is 26.7. The van der Waals surface area contributed by atoms with Crippen molar-refractivity contribution in [3.63, 3.8) is 0 Å². The lowest BCUT2D eigenvalue weighted by Gasteiger charge is -2.12. The topological polar surface area (TPSA) is 97.4 Å². The molecule has 0 radical (unpaired) electrons. The second-order valence-electron chi connectivity index (χ2n) is 7.60. The van der Waals surface area contributed by atoms with Crippen LogP contribution in [0.4, 0.5) is 23.2 Å². The number of anilines is 1. The maximum Gasteiger partial charge on any atom is 0.433 e. The summed E-state index contributed by atoms with van der Waals surface area (Å²) in [6, 6.07) is 14.4. The molecule has 0 saturated carbocycles. The molecule has 1 aromatic heterocycles. The molecular formula is C24H21F4N3O4S. The van der Waals surface area contributed by atoms with Gasteiger partial charge in [-0.05, 0) is 41.5 Å². The van der Waals surface area contributed by atoms with Crippen LogP contribution in [0.1, 0.15) is 22.4 Å². The largest absolute Gasteiger partial charge is 0.472 e. The number of nitrogens with one attached hydrogen (secondary N) is 2. The maximum absolute atomic E-state index is 14.1. The zero-order valence-electron chi connectivity index (χ0n) is 18.8. The molecule has 12 heteroatoms. The fourth-order valence-electron chi connectivity index (χ4n) is 2.94. The summed E-state index contributed by atoms with van der Waals surface area (Å²) < 4.78 is 83.4. The number of amides is 1. The number of halogens is 4. The van der Waals surface area contributed by atoms with Gasteiger partial charge in [0, 0.05) is 18.2 Å². The van der Waals surface area contributed by atoms with Crippen molar-refractivity contribution in [2.75, 3.05) is 11.0 Å². The van der Waals surface area contributed by atoms with Gasteiger partial charge >= 0.3 is 6.18 Å². The van der Waals surface area contributed by atoms with Gasteiger partial charge in [0.2, 0.25) is 21.8 Å². The summed E-state index contributed by atoms with van der Waals surface area (Å²) in [7, 11) is -3.65. The predicted molar refractivity (Wildman–Crippen MR) is 126 cm³/mol. The zero-order valence-corrected chi connectivity index (χ0v) is 19.7. The smallest absolute Gasteiger partial charge is 0.433 e. The molecular weight excluding hydrogens is 502 g/mol. The fraction of sp³-hybridized carbons (Fsp3) is 0.167. The SMILES string of the molecule is CS(=O)(=O)Nc1ccc(CNC(=O)C=Cc2ccc(C(F)(F)F)nc2OCc2ccccc2)cc1F. The molecule has 0 saturated heterocycles. The molecule has 0 unspecified atom stereocenters. The molecule has 2 N–H and O–H groups in total. The van der Waals surface area contributed by atoms with Crippen LogP contribution in [0.2, 0.25) is 0 Å². The number of benzene rings is 2. The van der Waals surface area contributed by atoms with E-state index in [1.54, 1.807) is 30.3 Å². The molecule has 0 aliphatic carbocycles.